The molecule has 1 N–H and O–H groups in total. The Balaban J connectivity index is 2.87. The topological polar surface area (TPSA) is 72.6 Å². The highest BCUT2D eigenvalue weighted by molar-refractivity contribution is 6.42. The van der Waals surface area contributed by atoms with Crippen LogP contribution in [0.1, 0.15) is 20.3 Å². The van der Waals surface area contributed by atoms with Gasteiger partial charge in [-0.15, -0.1) is 0 Å². The zero-order valence-corrected chi connectivity index (χ0v) is 11.5. The average Bonchev–Trinajstić information content (AvgIpc) is 2.20. The van der Waals surface area contributed by atoms with Crippen LogP contribution in [0.2, 0.25) is 10.0 Å². The number of aliphatic hydroxyl groups is 1. The molecule has 0 radical (unpaired) electrons. The Bertz CT molecular complexity index is 457. The molecular weight excluding hydrogens is 281 g/mol. The molecule has 0 amide bonds. The summed E-state index contributed by atoms with van der Waals surface area (Å²) in [5.41, 5.74) is -1.15. The molecule has 7 heteroatoms. The lowest BCUT2D eigenvalue weighted by Gasteiger charge is -2.17. The Morgan fingerprint density at radius 3 is 2.44 bits per heavy atom. The third kappa shape index (κ3) is 4.33. The van der Waals surface area contributed by atoms with Crippen LogP contribution in [-0.4, -0.2) is 22.2 Å². The molecular formula is C11H13Cl2NO4. The molecule has 0 fully saturated rings. The van der Waals surface area contributed by atoms with Crippen molar-refractivity contribution in [2.24, 2.45) is 0 Å². The number of nitrogens with zero attached hydrogens (tertiary/aromatic N) is 1. The highest BCUT2D eigenvalue weighted by Gasteiger charge is 2.19. The van der Waals surface area contributed by atoms with Gasteiger partial charge in [-0.05, 0) is 13.8 Å². The molecule has 0 spiro atoms. The SMILES string of the molecule is CC(C)(O)CCOc1cc(Cl)c(Cl)cc1[N+](=O)[O-]. The summed E-state index contributed by atoms with van der Waals surface area (Å²) in [5, 5.41) is 20.6. The first-order valence-electron chi connectivity index (χ1n) is 5.19. The number of benzene rings is 1. The second kappa shape index (κ2) is 5.73. The summed E-state index contributed by atoms with van der Waals surface area (Å²) in [6.07, 6.45) is 0.338. The average molecular weight is 294 g/mol. The summed E-state index contributed by atoms with van der Waals surface area (Å²) >= 11 is 11.5. The molecule has 0 aliphatic rings. The largest absolute Gasteiger partial charge is 0.487 e. The maximum Gasteiger partial charge on any atom is 0.312 e. The van der Waals surface area contributed by atoms with E-state index in [2.05, 4.69) is 0 Å². The fraction of sp³-hybridized carbons (Fsp3) is 0.455. The van der Waals surface area contributed by atoms with Crippen molar-refractivity contribution in [2.75, 3.05) is 6.61 Å². The molecule has 1 rings (SSSR count). The van der Waals surface area contributed by atoms with Gasteiger partial charge in [0.2, 0.25) is 0 Å². The lowest BCUT2D eigenvalue weighted by Crippen LogP contribution is -2.21. The van der Waals surface area contributed by atoms with Gasteiger partial charge < -0.3 is 9.84 Å². The molecule has 0 unspecified atom stereocenters. The highest BCUT2D eigenvalue weighted by atomic mass is 35.5. The van der Waals surface area contributed by atoms with Gasteiger partial charge in [0.1, 0.15) is 0 Å². The quantitative estimate of drug-likeness (QED) is 0.667. The Morgan fingerprint density at radius 1 is 1.39 bits per heavy atom. The van der Waals surface area contributed by atoms with Crippen molar-refractivity contribution in [1.82, 2.24) is 0 Å². The number of rotatable bonds is 5. The van der Waals surface area contributed by atoms with Crippen LogP contribution in [0.4, 0.5) is 5.69 Å². The Labute approximate surface area is 114 Å². The first-order chi connectivity index (χ1) is 8.20. The summed E-state index contributed by atoms with van der Waals surface area (Å²) in [7, 11) is 0. The molecule has 5 nitrogen and oxygen atoms in total. The van der Waals surface area contributed by atoms with Crippen LogP contribution < -0.4 is 4.74 Å². The minimum absolute atomic E-state index is 0.0404. The van der Waals surface area contributed by atoms with Gasteiger partial charge in [-0.25, -0.2) is 0 Å². The summed E-state index contributed by atoms with van der Waals surface area (Å²) in [4.78, 5) is 10.2. The normalized spacial score (nSPS) is 11.4. The van der Waals surface area contributed by atoms with E-state index in [9.17, 15) is 15.2 Å². The van der Waals surface area contributed by atoms with E-state index in [0.717, 1.165) is 6.07 Å². The molecule has 0 bridgehead atoms. The van der Waals surface area contributed by atoms with Crippen LogP contribution in [0.5, 0.6) is 5.75 Å². The van der Waals surface area contributed by atoms with E-state index < -0.39 is 10.5 Å². The predicted molar refractivity (Wildman–Crippen MR) is 69.5 cm³/mol. The van der Waals surface area contributed by atoms with E-state index in [4.69, 9.17) is 27.9 Å². The second-order valence-corrected chi connectivity index (χ2v) is 5.22. The number of hydrogen-bond donors (Lipinski definition) is 1. The minimum Gasteiger partial charge on any atom is -0.487 e. The van der Waals surface area contributed by atoms with Crippen molar-refractivity contribution in [3.8, 4) is 5.75 Å². The monoisotopic (exact) mass is 293 g/mol. The van der Waals surface area contributed by atoms with Gasteiger partial charge in [-0.3, -0.25) is 10.1 Å². The molecule has 1 aromatic carbocycles. The van der Waals surface area contributed by atoms with Crippen LogP contribution in [0, 0.1) is 10.1 Å². The van der Waals surface area contributed by atoms with Crippen molar-refractivity contribution in [3.05, 3.63) is 32.3 Å². The van der Waals surface area contributed by atoms with Crippen LogP contribution >= 0.6 is 23.2 Å². The van der Waals surface area contributed by atoms with Gasteiger partial charge in [0.15, 0.2) is 5.75 Å². The summed E-state index contributed by atoms with van der Waals surface area (Å²) in [6, 6.07) is 2.44. The van der Waals surface area contributed by atoms with Gasteiger partial charge in [0.25, 0.3) is 0 Å². The zero-order chi connectivity index (χ0) is 13.9. The van der Waals surface area contributed by atoms with E-state index in [1.807, 2.05) is 0 Å². The number of ether oxygens (including phenoxy) is 1. The van der Waals surface area contributed by atoms with Crippen LogP contribution in [0.3, 0.4) is 0 Å². The molecule has 0 aromatic heterocycles. The zero-order valence-electron chi connectivity index (χ0n) is 9.94. The summed E-state index contributed by atoms with van der Waals surface area (Å²) in [5.74, 6) is 0.0404. The second-order valence-electron chi connectivity index (χ2n) is 4.40. The Morgan fingerprint density at radius 2 is 1.94 bits per heavy atom. The summed E-state index contributed by atoms with van der Waals surface area (Å²) in [6.45, 7) is 3.39. The molecule has 0 saturated heterocycles. The first kappa shape index (κ1) is 15.0. The van der Waals surface area contributed by atoms with Gasteiger partial charge in [-0.2, -0.15) is 0 Å². The number of nitro groups is 1. The maximum absolute atomic E-state index is 10.8. The molecule has 0 heterocycles. The van der Waals surface area contributed by atoms with Crippen molar-refractivity contribution >= 4 is 28.9 Å². The molecule has 18 heavy (non-hydrogen) atoms. The Kier molecular flexibility index (Phi) is 4.78. The van der Waals surface area contributed by atoms with Crippen LogP contribution in [-0.2, 0) is 0 Å². The van der Waals surface area contributed by atoms with Gasteiger partial charge >= 0.3 is 5.69 Å². The third-order valence-electron chi connectivity index (χ3n) is 2.17. The van der Waals surface area contributed by atoms with Crippen molar-refractivity contribution in [2.45, 2.75) is 25.9 Å². The summed E-state index contributed by atoms with van der Waals surface area (Å²) < 4.78 is 5.27. The van der Waals surface area contributed by atoms with E-state index in [0.29, 0.717) is 6.42 Å². The lowest BCUT2D eigenvalue weighted by atomic mass is 10.1. The van der Waals surface area contributed by atoms with E-state index in [1.165, 1.54) is 6.07 Å². The highest BCUT2D eigenvalue weighted by Crippen LogP contribution is 2.35. The van der Waals surface area contributed by atoms with Gasteiger partial charge in [-0.1, -0.05) is 23.2 Å². The number of nitro benzene ring substituents is 1. The van der Waals surface area contributed by atoms with Gasteiger partial charge in [0, 0.05) is 18.6 Å². The number of hydrogen-bond acceptors (Lipinski definition) is 4. The van der Waals surface area contributed by atoms with E-state index >= 15 is 0 Å². The van der Waals surface area contributed by atoms with Crippen LogP contribution in [0.25, 0.3) is 0 Å². The molecule has 0 aliphatic heterocycles. The molecule has 0 aliphatic carbocycles. The number of halogens is 2. The van der Waals surface area contributed by atoms with Crippen molar-refractivity contribution in [1.29, 1.82) is 0 Å². The Hall–Kier alpha value is -1.04. The minimum atomic E-state index is -0.898. The molecule has 0 atom stereocenters. The molecule has 100 valence electrons. The third-order valence-corrected chi connectivity index (χ3v) is 2.89. The lowest BCUT2D eigenvalue weighted by molar-refractivity contribution is -0.385. The molecule has 1 aromatic rings. The van der Waals surface area contributed by atoms with E-state index in [1.54, 1.807) is 13.8 Å². The predicted octanol–water partition coefficient (Wildman–Crippen LogP) is 3.44. The smallest absolute Gasteiger partial charge is 0.312 e. The van der Waals surface area contributed by atoms with Crippen molar-refractivity contribution < 1.29 is 14.8 Å². The van der Waals surface area contributed by atoms with E-state index in [-0.39, 0.29) is 28.1 Å². The van der Waals surface area contributed by atoms with Gasteiger partial charge in [0.05, 0.1) is 27.2 Å². The first-order valence-corrected chi connectivity index (χ1v) is 5.95. The van der Waals surface area contributed by atoms with Crippen LogP contribution in [0.15, 0.2) is 12.1 Å². The standard InChI is InChI=1S/C11H13Cl2NO4/c1-11(2,15)3-4-18-10-6-8(13)7(12)5-9(10)14(16)17/h5-6,15H,3-4H2,1-2H3. The van der Waals surface area contributed by atoms with Crippen molar-refractivity contribution in [3.63, 3.8) is 0 Å². The fourth-order valence-corrected chi connectivity index (χ4v) is 1.50. The fourth-order valence-electron chi connectivity index (χ4n) is 1.19. The maximum atomic E-state index is 10.8. The molecule has 0 saturated carbocycles.